The van der Waals surface area contributed by atoms with Crippen LogP contribution in [0.5, 0.6) is 0 Å². The molecule has 9 N–H and O–H groups in total. The molecule has 2 heterocycles. The first-order chi connectivity index (χ1) is 34.6. The third-order valence-electron chi connectivity index (χ3n) is 14.4. The minimum absolute atomic E-state index is 0.248. The van der Waals surface area contributed by atoms with Gasteiger partial charge in [-0.15, -0.1) is 0 Å². The molecule has 2 saturated heterocycles. The van der Waals surface area contributed by atoms with E-state index >= 15 is 0 Å². The van der Waals surface area contributed by atoms with Crippen LogP contribution in [-0.2, 0) is 23.7 Å². The van der Waals surface area contributed by atoms with Crippen LogP contribution in [0.4, 0.5) is 0 Å². The number of rotatable bonds is 46. The summed E-state index contributed by atoms with van der Waals surface area (Å²) in [4.78, 5) is 13.2. The van der Waals surface area contributed by atoms with Gasteiger partial charge >= 0.3 is 0 Å². The Labute approximate surface area is 430 Å². The monoisotopic (exact) mass is 1010 g/mol. The average molecular weight is 1010 g/mol. The highest BCUT2D eigenvalue weighted by molar-refractivity contribution is 5.76. The van der Waals surface area contributed by atoms with Gasteiger partial charge in [0.05, 0.1) is 32.0 Å². The summed E-state index contributed by atoms with van der Waals surface area (Å²) >= 11 is 0. The normalized spacial score (nSPS) is 25.9. The van der Waals surface area contributed by atoms with E-state index in [1.54, 1.807) is 6.08 Å². The van der Waals surface area contributed by atoms with E-state index in [4.69, 9.17) is 18.9 Å². The number of nitrogens with one attached hydrogen (secondary N) is 1. The van der Waals surface area contributed by atoms with E-state index in [9.17, 15) is 45.6 Å². The number of allylic oxidation sites excluding steroid dienone is 3. The van der Waals surface area contributed by atoms with Gasteiger partial charge in [-0.05, 0) is 44.9 Å². The molecule has 2 fully saturated rings. The summed E-state index contributed by atoms with van der Waals surface area (Å²) in [5, 5.41) is 86.9. The van der Waals surface area contributed by atoms with E-state index in [2.05, 4.69) is 31.3 Å². The maximum Gasteiger partial charge on any atom is 0.220 e. The quantitative estimate of drug-likeness (QED) is 0.0205. The molecule has 12 unspecified atom stereocenters. The van der Waals surface area contributed by atoms with E-state index in [1.165, 1.54) is 154 Å². The molecule has 12 atom stereocenters. The Morgan fingerprint density at radius 3 is 1.37 bits per heavy atom. The Kier molecular flexibility index (Phi) is 40.4. The van der Waals surface area contributed by atoms with Crippen molar-refractivity contribution in [3.63, 3.8) is 0 Å². The summed E-state index contributed by atoms with van der Waals surface area (Å²) in [6.07, 6.45) is 33.7. The SMILES string of the molecule is CCCCC/C=C\CCCCCCCC(=O)NC(COC1OC(CO)C(OC2OC(CO)C(O)C(O)C2O)C(O)C1O)C(O)/C=C/CCCCCCCCCCCCCCCCCCCCCCCCC. The Morgan fingerprint density at radius 2 is 0.887 bits per heavy atom. The second-order valence-corrected chi connectivity index (χ2v) is 20.8. The van der Waals surface area contributed by atoms with Gasteiger partial charge in [0.15, 0.2) is 12.6 Å². The van der Waals surface area contributed by atoms with Gasteiger partial charge in [-0.2, -0.15) is 0 Å². The fourth-order valence-corrected chi connectivity index (χ4v) is 9.64. The molecule has 71 heavy (non-hydrogen) atoms. The predicted molar refractivity (Wildman–Crippen MR) is 282 cm³/mol. The van der Waals surface area contributed by atoms with Gasteiger partial charge in [-0.25, -0.2) is 0 Å². The standard InChI is InChI=1S/C57H107NO13/c1-3-5-7-9-11-13-15-17-18-19-20-21-22-23-24-25-26-27-28-29-30-32-34-36-38-40-46(61)45(58-49(62)41-39-37-35-33-31-16-14-12-10-8-6-4-2)44-68-56-54(67)52(65)55(48(43-60)70-56)71-57-53(66)51(64)50(63)47(42-59)69-57/h12,14,38,40,45-48,50-57,59-61,63-67H,3-11,13,15-37,39,41-44H2,1-2H3,(H,58,62)/b14-12-,40-38+. The molecule has 0 aromatic heterocycles. The molecule has 0 aromatic carbocycles. The summed E-state index contributed by atoms with van der Waals surface area (Å²) in [5.74, 6) is -0.248. The number of unbranched alkanes of at least 4 members (excludes halogenated alkanes) is 31. The number of aliphatic hydroxyl groups excluding tert-OH is 8. The highest BCUT2D eigenvalue weighted by Gasteiger charge is 2.51. The molecule has 1 amide bonds. The van der Waals surface area contributed by atoms with Gasteiger partial charge in [0.2, 0.25) is 5.91 Å². The third kappa shape index (κ3) is 30.0. The van der Waals surface area contributed by atoms with Crippen LogP contribution in [0.2, 0.25) is 0 Å². The second-order valence-electron chi connectivity index (χ2n) is 20.8. The molecule has 0 aliphatic carbocycles. The summed E-state index contributed by atoms with van der Waals surface area (Å²) in [5.41, 5.74) is 0. The fourth-order valence-electron chi connectivity index (χ4n) is 9.64. The van der Waals surface area contributed by atoms with E-state index in [1.807, 2.05) is 6.08 Å². The lowest BCUT2D eigenvalue weighted by Crippen LogP contribution is -2.65. The van der Waals surface area contributed by atoms with Crippen molar-refractivity contribution in [3.05, 3.63) is 24.3 Å². The highest BCUT2D eigenvalue weighted by atomic mass is 16.7. The number of carbonyl (C=O) groups is 1. The zero-order valence-electron chi connectivity index (χ0n) is 44.7. The molecule has 0 saturated carbocycles. The van der Waals surface area contributed by atoms with Gasteiger partial charge in [0.1, 0.15) is 48.8 Å². The van der Waals surface area contributed by atoms with Crippen LogP contribution >= 0.6 is 0 Å². The van der Waals surface area contributed by atoms with Crippen LogP contribution in [0.15, 0.2) is 24.3 Å². The number of carbonyl (C=O) groups excluding carboxylic acids is 1. The number of amides is 1. The molecule has 2 aliphatic heterocycles. The number of hydrogen-bond acceptors (Lipinski definition) is 13. The van der Waals surface area contributed by atoms with Gasteiger partial charge in [-0.3, -0.25) is 4.79 Å². The second kappa shape index (κ2) is 43.7. The predicted octanol–water partition coefficient (Wildman–Crippen LogP) is 9.28. The Hall–Kier alpha value is -1.53. The van der Waals surface area contributed by atoms with Gasteiger partial charge in [-0.1, -0.05) is 212 Å². The first-order valence-corrected chi connectivity index (χ1v) is 29.1. The first kappa shape index (κ1) is 65.6. The van der Waals surface area contributed by atoms with Crippen molar-refractivity contribution < 1.29 is 64.6 Å². The lowest BCUT2D eigenvalue weighted by atomic mass is 9.97. The number of aliphatic hydroxyl groups is 8. The van der Waals surface area contributed by atoms with Gasteiger partial charge in [0, 0.05) is 6.42 Å². The maximum atomic E-state index is 13.2. The topological polar surface area (TPSA) is 228 Å². The van der Waals surface area contributed by atoms with Crippen molar-refractivity contribution in [2.24, 2.45) is 0 Å². The Morgan fingerprint density at radius 1 is 0.493 bits per heavy atom. The molecule has 418 valence electrons. The van der Waals surface area contributed by atoms with Crippen LogP contribution in [0.3, 0.4) is 0 Å². The molecule has 14 heteroatoms. The minimum atomic E-state index is -1.79. The van der Waals surface area contributed by atoms with E-state index in [0.29, 0.717) is 6.42 Å². The summed E-state index contributed by atoms with van der Waals surface area (Å²) in [6, 6.07) is -0.916. The van der Waals surface area contributed by atoms with Crippen LogP contribution in [0, 0.1) is 0 Å². The molecule has 2 aliphatic rings. The van der Waals surface area contributed by atoms with E-state index in [-0.39, 0.29) is 18.9 Å². The van der Waals surface area contributed by atoms with E-state index in [0.717, 1.165) is 57.8 Å². The lowest BCUT2D eigenvalue weighted by molar-refractivity contribution is -0.359. The Bertz CT molecular complexity index is 1290. The largest absolute Gasteiger partial charge is 0.394 e. The molecule has 0 aromatic rings. The minimum Gasteiger partial charge on any atom is -0.394 e. The fraction of sp³-hybridized carbons (Fsp3) is 0.912. The maximum absolute atomic E-state index is 13.2. The summed E-state index contributed by atoms with van der Waals surface area (Å²) in [7, 11) is 0. The van der Waals surface area contributed by atoms with Crippen molar-refractivity contribution in [2.45, 2.75) is 312 Å². The van der Waals surface area contributed by atoms with Gasteiger partial charge < -0.3 is 65.1 Å². The van der Waals surface area contributed by atoms with Crippen molar-refractivity contribution in [1.29, 1.82) is 0 Å². The van der Waals surface area contributed by atoms with E-state index < -0.39 is 86.8 Å². The molecule has 0 bridgehead atoms. The summed E-state index contributed by atoms with van der Waals surface area (Å²) < 4.78 is 22.7. The van der Waals surface area contributed by atoms with Crippen molar-refractivity contribution in [2.75, 3.05) is 19.8 Å². The first-order valence-electron chi connectivity index (χ1n) is 29.1. The van der Waals surface area contributed by atoms with Crippen molar-refractivity contribution >= 4 is 5.91 Å². The molecule has 14 nitrogen and oxygen atoms in total. The van der Waals surface area contributed by atoms with Gasteiger partial charge in [0.25, 0.3) is 0 Å². The Balaban J connectivity index is 1.74. The van der Waals surface area contributed by atoms with Crippen LogP contribution < -0.4 is 5.32 Å². The van der Waals surface area contributed by atoms with Crippen LogP contribution in [0.25, 0.3) is 0 Å². The van der Waals surface area contributed by atoms with Crippen LogP contribution in [-0.4, -0.2) is 140 Å². The zero-order valence-corrected chi connectivity index (χ0v) is 44.7. The number of ether oxygens (including phenoxy) is 4. The van der Waals surface area contributed by atoms with Crippen LogP contribution in [0.1, 0.15) is 239 Å². The van der Waals surface area contributed by atoms with Crippen molar-refractivity contribution in [3.8, 4) is 0 Å². The molecule has 0 radical (unpaired) electrons. The molecular formula is C57H107NO13. The molecule has 2 rings (SSSR count). The molecular weight excluding hydrogens is 907 g/mol. The number of hydrogen-bond donors (Lipinski definition) is 9. The van der Waals surface area contributed by atoms with Crippen molar-refractivity contribution in [1.82, 2.24) is 5.32 Å². The smallest absolute Gasteiger partial charge is 0.220 e. The lowest BCUT2D eigenvalue weighted by Gasteiger charge is -2.46. The zero-order chi connectivity index (χ0) is 51.7. The average Bonchev–Trinajstić information content (AvgIpc) is 3.37. The molecule has 0 spiro atoms. The highest BCUT2D eigenvalue weighted by Crippen LogP contribution is 2.30. The third-order valence-corrected chi connectivity index (χ3v) is 14.4. The summed E-state index contributed by atoms with van der Waals surface area (Å²) in [6.45, 7) is 2.77.